The molecule has 2 rings (SSSR count). The fraction of sp³-hybridized carbons (Fsp3) is 1.00. The zero-order chi connectivity index (χ0) is 12.5. The van der Waals surface area contributed by atoms with E-state index in [1.807, 2.05) is 0 Å². The summed E-state index contributed by atoms with van der Waals surface area (Å²) >= 11 is 0. The summed E-state index contributed by atoms with van der Waals surface area (Å²) in [6.07, 6.45) is 4.39. The highest BCUT2D eigenvalue weighted by Gasteiger charge is 2.38. The highest BCUT2D eigenvalue weighted by atomic mass is 15.0. The van der Waals surface area contributed by atoms with Gasteiger partial charge in [0.1, 0.15) is 0 Å². The first-order valence-corrected chi connectivity index (χ1v) is 7.42. The van der Waals surface area contributed by atoms with Crippen molar-refractivity contribution in [3.05, 3.63) is 0 Å². The Hall–Kier alpha value is -0.0800. The Morgan fingerprint density at radius 2 is 2.06 bits per heavy atom. The van der Waals surface area contributed by atoms with E-state index in [4.69, 9.17) is 0 Å². The van der Waals surface area contributed by atoms with Crippen molar-refractivity contribution in [1.82, 2.24) is 10.6 Å². The molecule has 2 heteroatoms. The van der Waals surface area contributed by atoms with Crippen LogP contribution in [-0.4, -0.2) is 25.7 Å². The van der Waals surface area contributed by atoms with Gasteiger partial charge in [-0.2, -0.15) is 0 Å². The predicted octanol–water partition coefficient (Wildman–Crippen LogP) is 2.65. The molecule has 1 heterocycles. The van der Waals surface area contributed by atoms with E-state index in [-0.39, 0.29) is 0 Å². The molecule has 17 heavy (non-hydrogen) atoms. The highest BCUT2D eigenvalue weighted by Crippen LogP contribution is 2.37. The smallest absolute Gasteiger partial charge is 0.0223 e. The maximum absolute atomic E-state index is 3.71. The minimum Gasteiger partial charge on any atom is -0.315 e. The predicted molar refractivity (Wildman–Crippen MR) is 74.1 cm³/mol. The summed E-state index contributed by atoms with van der Waals surface area (Å²) in [5, 5.41) is 7.39. The van der Waals surface area contributed by atoms with Crippen LogP contribution in [-0.2, 0) is 0 Å². The average Bonchev–Trinajstić information content (AvgIpc) is 2.80. The topological polar surface area (TPSA) is 24.1 Å². The Bertz CT molecular complexity index is 244. The van der Waals surface area contributed by atoms with Crippen molar-refractivity contribution >= 4 is 0 Å². The summed E-state index contributed by atoms with van der Waals surface area (Å²) < 4.78 is 0. The molecule has 0 aromatic rings. The van der Waals surface area contributed by atoms with E-state index in [0.717, 1.165) is 30.3 Å². The largest absolute Gasteiger partial charge is 0.315 e. The maximum atomic E-state index is 3.71. The Morgan fingerprint density at radius 1 is 1.29 bits per heavy atom. The van der Waals surface area contributed by atoms with Crippen LogP contribution in [0.2, 0.25) is 0 Å². The van der Waals surface area contributed by atoms with E-state index in [1.54, 1.807) is 0 Å². The van der Waals surface area contributed by atoms with Crippen molar-refractivity contribution in [1.29, 1.82) is 0 Å². The Balaban J connectivity index is 1.69. The lowest BCUT2D eigenvalue weighted by atomic mass is 9.82. The maximum Gasteiger partial charge on any atom is 0.0223 e. The van der Waals surface area contributed by atoms with E-state index in [0.29, 0.717) is 5.41 Å². The van der Waals surface area contributed by atoms with Crippen molar-refractivity contribution in [3.63, 3.8) is 0 Å². The molecule has 0 radical (unpaired) electrons. The van der Waals surface area contributed by atoms with Crippen LogP contribution in [0.4, 0.5) is 0 Å². The second kappa shape index (κ2) is 5.27. The van der Waals surface area contributed by atoms with Crippen molar-refractivity contribution in [2.75, 3.05) is 19.6 Å². The van der Waals surface area contributed by atoms with Gasteiger partial charge >= 0.3 is 0 Å². The van der Waals surface area contributed by atoms with Crippen molar-refractivity contribution < 1.29 is 0 Å². The zero-order valence-electron chi connectivity index (χ0n) is 12.1. The minimum absolute atomic E-state index is 0.423. The number of rotatable bonds is 4. The first-order valence-electron chi connectivity index (χ1n) is 7.42. The SMILES string of the molecule is CC(CNCC1NCC2CCCC21)C(C)(C)C. The Labute approximate surface area is 107 Å². The van der Waals surface area contributed by atoms with Gasteiger partial charge in [0.05, 0.1) is 0 Å². The molecule has 1 saturated carbocycles. The second-order valence-electron chi connectivity index (χ2n) is 7.29. The molecule has 1 aliphatic heterocycles. The third-order valence-electron chi connectivity index (χ3n) is 5.17. The quantitative estimate of drug-likeness (QED) is 0.787. The van der Waals surface area contributed by atoms with E-state index < -0.39 is 0 Å². The van der Waals surface area contributed by atoms with Crippen LogP contribution in [0.15, 0.2) is 0 Å². The van der Waals surface area contributed by atoms with Gasteiger partial charge in [-0.1, -0.05) is 34.1 Å². The Morgan fingerprint density at radius 3 is 2.76 bits per heavy atom. The molecular formula is C15H30N2. The van der Waals surface area contributed by atoms with Crippen LogP contribution >= 0.6 is 0 Å². The van der Waals surface area contributed by atoms with Crippen LogP contribution in [0.5, 0.6) is 0 Å². The third kappa shape index (κ3) is 3.23. The molecule has 2 aliphatic rings. The number of hydrogen-bond donors (Lipinski definition) is 2. The molecule has 0 aromatic carbocycles. The minimum atomic E-state index is 0.423. The molecule has 0 amide bonds. The normalized spacial score (nSPS) is 34.9. The highest BCUT2D eigenvalue weighted by molar-refractivity contribution is 4.95. The summed E-state index contributed by atoms with van der Waals surface area (Å²) in [6, 6.07) is 0.745. The van der Waals surface area contributed by atoms with Gasteiger partial charge < -0.3 is 10.6 Å². The summed E-state index contributed by atoms with van der Waals surface area (Å²) in [5.74, 6) is 2.69. The summed E-state index contributed by atoms with van der Waals surface area (Å²) in [7, 11) is 0. The van der Waals surface area contributed by atoms with Crippen LogP contribution in [0, 0.1) is 23.2 Å². The molecule has 2 N–H and O–H groups in total. The lowest BCUT2D eigenvalue weighted by Gasteiger charge is -2.28. The van der Waals surface area contributed by atoms with Crippen LogP contribution in [0.25, 0.3) is 0 Å². The molecule has 2 nitrogen and oxygen atoms in total. The number of fused-ring (bicyclic) bond motifs is 1. The number of hydrogen-bond acceptors (Lipinski definition) is 2. The van der Waals surface area contributed by atoms with Gasteiger partial charge in [0.15, 0.2) is 0 Å². The van der Waals surface area contributed by atoms with Gasteiger partial charge in [0, 0.05) is 12.6 Å². The van der Waals surface area contributed by atoms with E-state index in [9.17, 15) is 0 Å². The Kier molecular flexibility index (Phi) is 4.14. The molecule has 0 spiro atoms. The molecular weight excluding hydrogens is 208 g/mol. The van der Waals surface area contributed by atoms with Gasteiger partial charge in [0.2, 0.25) is 0 Å². The molecule has 100 valence electrons. The lowest BCUT2D eigenvalue weighted by molar-refractivity contribution is 0.248. The van der Waals surface area contributed by atoms with Crippen LogP contribution in [0.1, 0.15) is 47.0 Å². The van der Waals surface area contributed by atoms with Gasteiger partial charge in [-0.3, -0.25) is 0 Å². The molecule has 1 saturated heterocycles. The fourth-order valence-electron chi connectivity index (χ4n) is 3.29. The zero-order valence-corrected chi connectivity index (χ0v) is 12.1. The molecule has 0 bridgehead atoms. The van der Waals surface area contributed by atoms with Crippen LogP contribution in [0.3, 0.4) is 0 Å². The van der Waals surface area contributed by atoms with Gasteiger partial charge in [-0.05, 0) is 49.1 Å². The van der Waals surface area contributed by atoms with E-state index >= 15 is 0 Å². The van der Waals surface area contributed by atoms with E-state index in [2.05, 4.69) is 38.3 Å². The second-order valence-corrected chi connectivity index (χ2v) is 7.29. The first-order chi connectivity index (χ1) is 7.98. The monoisotopic (exact) mass is 238 g/mol. The van der Waals surface area contributed by atoms with Gasteiger partial charge in [0.25, 0.3) is 0 Å². The molecule has 4 atom stereocenters. The summed E-state index contributed by atoms with van der Waals surface area (Å²) in [5.41, 5.74) is 0.423. The molecule has 4 unspecified atom stereocenters. The van der Waals surface area contributed by atoms with Crippen LogP contribution < -0.4 is 10.6 Å². The van der Waals surface area contributed by atoms with Gasteiger partial charge in [-0.25, -0.2) is 0 Å². The molecule has 0 aromatic heterocycles. The summed E-state index contributed by atoms with van der Waals surface area (Å²) in [6.45, 7) is 12.9. The van der Waals surface area contributed by atoms with E-state index in [1.165, 1.54) is 32.4 Å². The van der Waals surface area contributed by atoms with Crippen molar-refractivity contribution in [2.24, 2.45) is 23.2 Å². The lowest BCUT2D eigenvalue weighted by Crippen LogP contribution is -2.40. The van der Waals surface area contributed by atoms with Crippen molar-refractivity contribution in [3.8, 4) is 0 Å². The molecule has 1 aliphatic carbocycles. The fourth-order valence-corrected chi connectivity index (χ4v) is 3.29. The average molecular weight is 238 g/mol. The first kappa shape index (κ1) is 13.4. The number of nitrogens with one attached hydrogen (secondary N) is 2. The van der Waals surface area contributed by atoms with Gasteiger partial charge in [-0.15, -0.1) is 0 Å². The third-order valence-corrected chi connectivity index (χ3v) is 5.17. The standard InChI is InChI=1S/C15H30N2/c1-11(15(2,3)4)8-16-10-14-13-7-5-6-12(13)9-17-14/h11-14,16-17H,5-10H2,1-4H3. The van der Waals surface area contributed by atoms with Crippen molar-refractivity contribution in [2.45, 2.75) is 53.0 Å². The summed E-state index contributed by atoms with van der Waals surface area (Å²) in [4.78, 5) is 0. The molecule has 2 fully saturated rings.